The fourth-order valence-corrected chi connectivity index (χ4v) is 1.96. The van der Waals surface area contributed by atoms with Gasteiger partial charge >= 0.3 is 0 Å². The first-order valence-electron chi connectivity index (χ1n) is 5.69. The van der Waals surface area contributed by atoms with Crippen LogP contribution in [-0.4, -0.2) is 32.7 Å². The Hall–Kier alpha value is -2.01. The highest BCUT2D eigenvalue weighted by molar-refractivity contribution is 6.31. The maximum absolute atomic E-state index is 12.2. The lowest BCUT2D eigenvalue weighted by atomic mass is 10.1. The molecule has 6 heteroatoms. The van der Waals surface area contributed by atoms with E-state index in [2.05, 4.69) is 5.10 Å². The van der Waals surface area contributed by atoms with E-state index in [0.29, 0.717) is 11.6 Å². The van der Waals surface area contributed by atoms with Crippen molar-refractivity contribution in [3.05, 3.63) is 46.7 Å². The largest absolute Gasteiger partial charge is 0.507 e. The van der Waals surface area contributed by atoms with Gasteiger partial charge in [0, 0.05) is 37.4 Å². The van der Waals surface area contributed by atoms with Crippen molar-refractivity contribution in [3.63, 3.8) is 0 Å². The lowest BCUT2D eigenvalue weighted by molar-refractivity contribution is 0.0782. The number of halogens is 1. The van der Waals surface area contributed by atoms with Crippen molar-refractivity contribution < 1.29 is 9.90 Å². The SMILES string of the molecule is CN(Cc1cnn(C)c1)C(=O)c1cc(Cl)ccc1O. The first kappa shape index (κ1) is 13.4. The van der Waals surface area contributed by atoms with Gasteiger partial charge in [0.2, 0.25) is 0 Å². The van der Waals surface area contributed by atoms with E-state index in [1.54, 1.807) is 17.9 Å². The van der Waals surface area contributed by atoms with Crippen molar-refractivity contribution >= 4 is 17.5 Å². The van der Waals surface area contributed by atoms with Gasteiger partial charge in [-0.25, -0.2) is 0 Å². The zero-order chi connectivity index (χ0) is 14.0. The topological polar surface area (TPSA) is 58.4 Å². The van der Waals surface area contributed by atoms with Crippen LogP contribution in [0.25, 0.3) is 0 Å². The van der Waals surface area contributed by atoms with Crippen LogP contribution in [0, 0.1) is 0 Å². The van der Waals surface area contributed by atoms with Gasteiger partial charge in [-0.1, -0.05) is 11.6 Å². The molecule has 5 nitrogen and oxygen atoms in total. The van der Waals surface area contributed by atoms with Gasteiger partial charge in [-0.15, -0.1) is 0 Å². The molecule has 0 saturated carbocycles. The Kier molecular flexibility index (Phi) is 3.76. The van der Waals surface area contributed by atoms with E-state index in [1.165, 1.54) is 23.1 Å². The number of aromatic nitrogens is 2. The molecule has 1 N–H and O–H groups in total. The van der Waals surface area contributed by atoms with Gasteiger partial charge in [0.05, 0.1) is 11.8 Å². The number of carbonyl (C=O) groups excluding carboxylic acids is 1. The molecule has 1 amide bonds. The number of amides is 1. The van der Waals surface area contributed by atoms with Gasteiger partial charge in [0.1, 0.15) is 5.75 Å². The normalized spacial score (nSPS) is 10.5. The van der Waals surface area contributed by atoms with Crippen LogP contribution in [0.3, 0.4) is 0 Å². The van der Waals surface area contributed by atoms with E-state index < -0.39 is 0 Å². The Morgan fingerprint density at radius 3 is 2.89 bits per heavy atom. The van der Waals surface area contributed by atoms with Crippen LogP contribution in [0.1, 0.15) is 15.9 Å². The van der Waals surface area contributed by atoms with Crippen LogP contribution in [0.15, 0.2) is 30.6 Å². The number of phenols is 1. The van der Waals surface area contributed by atoms with Crippen LogP contribution in [-0.2, 0) is 13.6 Å². The second-order valence-corrected chi connectivity index (χ2v) is 4.78. The Balaban J connectivity index is 2.16. The van der Waals surface area contributed by atoms with Crippen LogP contribution in [0.4, 0.5) is 0 Å². The van der Waals surface area contributed by atoms with Gasteiger partial charge in [-0.2, -0.15) is 5.10 Å². The highest BCUT2D eigenvalue weighted by Gasteiger charge is 2.16. The summed E-state index contributed by atoms with van der Waals surface area (Å²) in [5.41, 5.74) is 1.11. The molecule has 2 rings (SSSR count). The van der Waals surface area contributed by atoms with Crippen molar-refractivity contribution in [1.82, 2.24) is 14.7 Å². The lowest BCUT2D eigenvalue weighted by Crippen LogP contribution is -2.26. The van der Waals surface area contributed by atoms with Crippen molar-refractivity contribution in [1.29, 1.82) is 0 Å². The Morgan fingerprint density at radius 1 is 1.53 bits per heavy atom. The minimum Gasteiger partial charge on any atom is -0.507 e. The lowest BCUT2D eigenvalue weighted by Gasteiger charge is -2.17. The van der Waals surface area contributed by atoms with E-state index in [9.17, 15) is 9.90 Å². The molecule has 0 bridgehead atoms. The molecule has 0 aliphatic carbocycles. The first-order chi connectivity index (χ1) is 8.97. The fraction of sp³-hybridized carbons (Fsp3) is 0.231. The molecule has 0 saturated heterocycles. The van der Waals surface area contributed by atoms with Gasteiger partial charge in [0.15, 0.2) is 0 Å². The van der Waals surface area contributed by atoms with E-state index in [1.807, 2.05) is 13.2 Å². The summed E-state index contributed by atoms with van der Waals surface area (Å²) in [6.45, 7) is 0.415. The second kappa shape index (κ2) is 5.32. The Labute approximate surface area is 116 Å². The predicted molar refractivity (Wildman–Crippen MR) is 72.1 cm³/mol. The van der Waals surface area contributed by atoms with E-state index in [-0.39, 0.29) is 17.2 Å². The van der Waals surface area contributed by atoms with Crippen molar-refractivity contribution in [2.45, 2.75) is 6.54 Å². The Morgan fingerprint density at radius 2 is 2.26 bits per heavy atom. The molecular weight excluding hydrogens is 266 g/mol. The summed E-state index contributed by atoms with van der Waals surface area (Å²) in [6, 6.07) is 4.40. The standard InChI is InChI=1S/C13H14ClN3O2/c1-16(7-9-6-15-17(2)8-9)13(19)11-5-10(14)3-4-12(11)18/h3-6,8,18H,7H2,1-2H3. The zero-order valence-corrected chi connectivity index (χ0v) is 11.4. The summed E-state index contributed by atoms with van der Waals surface area (Å²) in [7, 11) is 3.48. The maximum atomic E-state index is 12.2. The number of aryl methyl sites for hydroxylation is 1. The predicted octanol–water partition coefficient (Wildman–Crippen LogP) is 2.05. The highest BCUT2D eigenvalue weighted by atomic mass is 35.5. The number of nitrogens with zero attached hydrogens (tertiary/aromatic N) is 3. The summed E-state index contributed by atoms with van der Waals surface area (Å²) in [5.74, 6) is -0.365. The average molecular weight is 280 g/mol. The van der Waals surface area contributed by atoms with Crippen LogP contribution < -0.4 is 0 Å². The highest BCUT2D eigenvalue weighted by Crippen LogP contribution is 2.23. The summed E-state index contributed by atoms with van der Waals surface area (Å²) < 4.78 is 1.67. The van der Waals surface area contributed by atoms with Gasteiger partial charge < -0.3 is 10.0 Å². The quantitative estimate of drug-likeness (QED) is 0.935. The van der Waals surface area contributed by atoms with Crippen molar-refractivity contribution in [2.24, 2.45) is 7.05 Å². The number of rotatable bonds is 3. The molecule has 0 radical (unpaired) electrons. The molecule has 1 heterocycles. The number of hydrogen-bond acceptors (Lipinski definition) is 3. The summed E-state index contributed by atoms with van der Waals surface area (Å²) in [6.07, 6.45) is 3.53. The molecule has 0 aliphatic heterocycles. The zero-order valence-electron chi connectivity index (χ0n) is 10.7. The summed E-state index contributed by atoms with van der Waals surface area (Å²) in [5, 5.41) is 14.2. The molecule has 0 unspecified atom stereocenters. The van der Waals surface area contributed by atoms with Gasteiger partial charge in [0.25, 0.3) is 5.91 Å². The fourth-order valence-electron chi connectivity index (χ4n) is 1.78. The minimum atomic E-state index is -0.288. The van der Waals surface area contributed by atoms with Crippen molar-refractivity contribution in [3.8, 4) is 5.75 Å². The molecule has 1 aromatic carbocycles. The van der Waals surface area contributed by atoms with Crippen LogP contribution in [0.2, 0.25) is 5.02 Å². The smallest absolute Gasteiger partial charge is 0.257 e. The van der Waals surface area contributed by atoms with Crippen LogP contribution >= 0.6 is 11.6 Å². The molecule has 100 valence electrons. The Bertz CT molecular complexity index is 610. The molecule has 0 fully saturated rings. The number of carbonyl (C=O) groups is 1. The van der Waals surface area contributed by atoms with Gasteiger partial charge in [-0.05, 0) is 18.2 Å². The van der Waals surface area contributed by atoms with E-state index >= 15 is 0 Å². The summed E-state index contributed by atoms with van der Waals surface area (Å²) >= 11 is 5.83. The molecule has 2 aromatic rings. The average Bonchev–Trinajstić information content (AvgIpc) is 2.77. The molecule has 19 heavy (non-hydrogen) atoms. The van der Waals surface area contributed by atoms with Crippen molar-refractivity contribution in [2.75, 3.05) is 7.05 Å². The van der Waals surface area contributed by atoms with Crippen LogP contribution in [0.5, 0.6) is 5.75 Å². The molecule has 0 spiro atoms. The third-order valence-corrected chi connectivity index (χ3v) is 2.95. The third kappa shape index (κ3) is 3.06. The molecule has 0 aliphatic rings. The molecule has 1 aromatic heterocycles. The second-order valence-electron chi connectivity index (χ2n) is 4.34. The maximum Gasteiger partial charge on any atom is 0.257 e. The van der Waals surface area contributed by atoms with E-state index in [0.717, 1.165) is 5.56 Å². The molecule has 0 atom stereocenters. The number of aromatic hydroxyl groups is 1. The van der Waals surface area contributed by atoms with Gasteiger partial charge in [-0.3, -0.25) is 9.48 Å². The first-order valence-corrected chi connectivity index (χ1v) is 6.06. The molecular formula is C13H14ClN3O2. The minimum absolute atomic E-state index is 0.0764. The van der Waals surface area contributed by atoms with E-state index in [4.69, 9.17) is 11.6 Å². The number of hydrogen-bond donors (Lipinski definition) is 1. The monoisotopic (exact) mass is 279 g/mol. The third-order valence-electron chi connectivity index (χ3n) is 2.71. The number of benzene rings is 1. The summed E-state index contributed by atoms with van der Waals surface area (Å²) in [4.78, 5) is 13.7. The number of phenolic OH excluding ortho intramolecular Hbond substituents is 1.